The molecule has 9 nitrogen and oxygen atoms in total. The number of anilines is 1. The van der Waals surface area contributed by atoms with Crippen molar-refractivity contribution >= 4 is 17.6 Å². The molecule has 1 fully saturated rings. The zero-order chi connectivity index (χ0) is 25.9. The molecular weight excluding hydrogens is 472 g/mol. The lowest BCUT2D eigenvalue weighted by Crippen LogP contribution is -2.34. The van der Waals surface area contributed by atoms with Crippen molar-refractivity contribution < 1.29 is 24.5 Å². The lowest BCUT2D eigenvalue weighted by molar-refractivity contribution is -0.135. The number of carboxylic acids is 1. The van der Waals surface area contributed by atoms with Gasteiger partial charge in [-0.3, -0.25) is 9.59 Å². The Kier molecular flexibility index (Phi) is 6.94. The summed E-state index contributed by atoms with van der Waals surface area (Å²) < 4.78 is 6.12. The number of nitrogens with one attached hydrogen (secondary N) is 1. The number of rotatable bonds is 7. The third-order valence-electron chi connectivity index (χ3n) is 7.08. The Morgan fingerprint density at radius 3 is 2.51 bits per heavy atom. The summed E-state index contributed by atoms with van der Waals surface area (Å²) in [6.45, 7) is 2.87. The van der Waals surface area contributed by atoms with E-state index in [1.54, 1.807) is 6.92 Å². The van der Waals surface area contributed by atoms with Crippen LogP contribution in [0.2, 0.25) is 0 Å². The fourth-order valence-electron chi connectivity index (χ4n) is 5.04. The van der Waals surface area contributed by atoms with E-state index in [0.29, 0.717) is 23.9 Å². The third kappa shape index (κ3) is 5.50. The predicted octanol–water partition coefficient (Wildman–Crippen LogP) is 3.44. The Labute approximate surface area is 215 Å². The molecule has 0 aliphatic carbocycles. The second kappa shape index (κ2) is 10.5. The van der Waals surface area contributed by atoms with Crippen LogP contribution >= 0.6 is 0 Å². The fourth-order valence-corrected chi connectivity index (χ4v) is 5.04. The molecule has 3 aromatic rings. The molecule has 1 amide bonds. The van der Waals surface area contributed by atoms with E-state index in [-0.39, 0.29) is 17.5 Å². The lowest BCUT2D eigenvalue weighted by Gasteiger charge is -2.33. The van der Waals surface area contributed by atoms with Gasteiger partial charge in [-0.2, -0.15) is 0 Å². The summed E-state index contributed by atoms with van der Waals surface area (Å²) >= 11 is 0. The monoisotopic (exact) mass is 502 g/mol. The number of hydrogen-bond acceptors (Lipinski definition) is 7. The molecule has 2 aliphatic heterocycles. The van der Waals surface area contributed by atoms with Gasteiger partial charge in [-0.15, -0.1) is 0 Å². The first kappa shape index (κ1) is 24.5. The molecule has 0 bridgehead atoms. The maximum absolute atomic E-state index is 12.3. The van der Waals surface area contributed by atoms with Gasteiger partial charge in [-0.05, 0) is 55.0 Å². The molecule has 2 aromatic carbocycles. The van der Waals surface area contributed by atoms with Crippen molar-refractivity contribution in [1.82, 2.24) is 15.3 Å². The number of piperidine rings is 1. The van der Waals surface area contributed by atoms with Gasteiger partial charge in [-0.1, -0.05) is 30.3 Å². The molecule has 3 N–H and O–H groups in total. The van der Waals surface area contributed by atoms with Gasteiger partial charge in [0.05, 0.1) is 5.69 Å². The van der Waals surface area contributed by atoms with Gasteiger partial charge in [0.1, 0.15) is 24.2 Å². The normalized spacial score (nSPS) is 17.2. The molecular formula is C28H30N4O5. The number of fused-ring (bicyclic) bond motifs is 1. The fraction of sp³-hybridized carbons (Fsp3) is 0.357. The Morgan fingerprint density at radius 2 is 1.81 bits per heavy atom. The van der Waals surface area contributed by atoms with Crippen molar-refractivity contribution in [3.8, 4) is 11.5 Å². The van der Waals surface area contributed by atoms with Gasteiger partial charge < -0.3 is 25.2 Å². The number of aliphatic carboxylic acids is 1. The molecule has 1 saturated heterocycles. The van der Waals surface area contributed by atoms with Crippen LogP contribution in [0.25, 0.3) is 0 Å². The van der Waals surface area contributed by atoms with Crippen LogP contribution in [0.15, 0.2) is 48.5 Å². The molecule has 37 heavy (non-hydrogen) atoms. The zero-order valence-electron chi connectivity index (χ0n) is 20.7. The molecule has 2 aliphatic rings. The summed E-state index contributed by atoms with van der Waals surface area (Å²) in [5.41, 5.74) is 3.73. The number of carbonyl (C=O) groups excluding carboxylic acids is 1. The van der Waals surface area contributed by atoms with Crippen LogP contribution in [-0.2, 0) is 17.6 Å². The standard InChI is InChI=1S/C28H30N4O5/c1-17-27(35)26(28(36)29-16-25(33)34)31-24(30-17)14-18-10-12-32(13-11-18)21-8-6-19(7-9-21)23-15-20-4-2-3-5-22(20)37-23/h2-9,18,23,35H,10-16H2,1H3,(H,29,36)(H,33,34). The highest BCUT2D eigenvalue weighted by atomic mass is 16.5. The quantitative estimate of drug-likeness (QED) is 0.449. The second-order valence-corrected chi connectivity index (χ2v) is 9.64. The number of carbonyl (C=O) groups is 2. The molecule has 9 heteroatoms. The number of hydrogen-bond donors (Lipinski definition) is 3. The average Bonchev–Trinajstić information content (AvgIpc) is 3.34. The number of para-hydroxylation sites is 1. The first-order valence-electron chi connectivity index (χ1n) is 12.5. The van der Waals surface area contributed by atoms with E-state index in [1.165, 1.54) is 16.8 Å². The van der Waals surface area contributed by atoms with Crippen molar-refractivity contribution in [2.45, 2.75) is 38.7 Å². The van der Waals surface area contributed by atoms with Crippen molar-refractivity contribution in [2.75, 3.05) is 24.5 Å². The van der Waals surface area contributed by atoms with Gasteiger partial charge in [0.2, 0.25) is 0 Å². The molecule has 192 valence electrons. The van der Waals surface area contributed by atoms with E-state index in [0.717, 1.165) is 38.1 Å². The Bertz CT molecular complexity index is 1280. The van der Waals surface area contributed by atoms with Crippen LogP contribution in [-0.4, -0.2) is 51.7 Å². The first-order valence-corrected chi connectivity index (χ1v) is 12.5. The minimum absolute atomic E-state index is 0.0575. The van der Waals surface area contributed by atoms with Gasteiger partial charge in [0, 0.05) is 31.6 Å². The Morgan fingerprint density at radius 1 is 1.08 bits per heavy atom. The van der Waals surface area contributed by atoms with Crippen LogP contribution in [0.3, 0.4) is 0 Å². The second-order valence-electron chi connectivity index (χ2n) is 9.64. The number of aromatic hydroxyl groups is 1. The van der Waals surface area contributed by atoms with Gasteiger partial charge in [0.15, 0.2) is 11.4 Å². The summed E-state index contributed by atoms with van der Waals surface area (Å²) in [6.07, 6.45) is 3.44. The highest BCUT2D eigenvalue weighted by Gasteiger charge is 2.26. The minimum Gasteiger partial charge on any atom is -0.504 e. The van der Waals surface area contributed by atoms with Crippen LogP contribution in [0.4, 0.5) is 5.69 Å². The van der Waals surface area contributed by atoms with E-state index in [1.807, 2.05) is 18.2 Å². The van der Waals surface area contributed by atoms with E-state index >= 15 is 0 Å². The number of benzene rings is 2. The highest BCUT2D eigenvalue weighted by Crippen LogP contribution is 2.37. The SMILES string of the molecule is Cc1nc(CC2CCN(c3ccc(C4Cc5ccccc5O4)cc3)CC2)nc(C(=O)NCC(=O)O)c1O. The van der Waals surface area contributed by atoms with E-state index < -0.39 is 18.4 Å². The van der Waals surface area contributed by atoms with Crippen molar-refractivity contribution in [3.05, 3.63) is 76.9 Å². The maximum atomic E-state index is 12.3. The van der Waals surface area contributed by atoms with Crippen LogP contribution in [0.1, 0.15) is 52.1 Å². The minimum atomic E-state index is -1.17. The number of ether oxygens (including phenoxy) is 1. The van der Waals surface area contributed by atoms with Crippen LogP contribution < -0.4 is 15.0 Å². The zero-order valence-corrected chi connectivity index (χ0v) is 20.7. The van der Waals surface area contributed by atoms with E-state index in [2.05, 4.69) is 50.5 Å². The van der Waals surface area contributed by atoms with Crippen molar-refractivity contribution in [1.29, 1.82) is 0 Å². The molecule has 0 radical (unpaired) electrons. The molecule has 1 atom stereocenters. The molecule has 0 saturated carbocycles. The van der Waals surface area contributed by atoms with Crippen molar-refractivity contribution in [2.24, 2.45) is 5.92 Å². The van der Waals surface area contributed by atoms with Crippen LogP contribution in [0.5, 0.6) is 11.5 Å². The van der Waals surface area contributed by atoms with E-state index in [9.17, 15) is 14.7 Å². The smallest absolute Gasteiger partial charge is 0.322 e. The molecule has 3 heterocycles. The lowest BCUT2D eigenvalue weighted by atomic mass is 9.92. The molecule has 0 spiro atoms. The number of aromatic nitrogens is 2. The summed E-state index contributed by atoms with van der Waals surface area (Å²) in [4.78, 5) is 34.0. The predicted molar refractivity (Wildman–Crippen MR) is 137 cm³/mol. The topological polar surface area (TPSA) is 125 Å². The molecule has 1 unspecified atom stereocenters. The largest absolute Gasteiger partial charge is 0.504 e. The molecule has 5 rings (SSSR count). The highest BCUT2D eigenvalue weighted by molar-refractivity contribution is 5.96. The summed E-state index contributed by atoms with van der Waals surface area (Å²) in [6, 6.07) is 16.8. The van der Waals surface area contributed by atoms with Gasteiger partial charge >= 0.3 is 5.97 Å². The van der Waals surface area contributed by atoms with Crippen LogP contribution in [0, 0.1) is 12.8 Å². The van der Waals surface area contributed by atoms with Gasteiger partial charge in [0.25, 0.3) is 5.91 Å². The first-order chi connectivity index (χ1) is 17.9. The summed E-state index contributed by atoms with van der Waals surface area (Å²) in [5, 5.41) is 21.2. The number of nitrogens with zero attached hydrogens (tertiary/aromatic N) is 3. The van der Waals surface area contributed by atoms with Crippen molar-refractivity contribution in [3.63, 3.8) is 0 Å². The molecule has 1 aromatic heterocycles. The third-order valence-corrected chi connectivity index (χ3v) is 7.08. The van der Waals surface area contributed by atoms with E-state index in [4.69, 9.17) is 9.84 Å². The summed E-state index contributed by atoms with van der Waals surface area (Å²) in [7, 11) is 0. The number of amides is 1. The Hall–Kier alpha value is -4.14. The summed E-state index contributed by atoms with van der Waals surface area (Å²) in [5.74, 6) is -0.415. The maximum Gasteiger partial charge on any atom is 0.322 e. The Balaban J connectivity index is 1.17. The number of carboxylic acid groups (broad SMARTS) is 1. The van der Waals surface area contributed by atoms with Gasteiger partial charge in [-0.25, -0.2) is 9.97 Å². The average molecular weight is 503 g/mol. The number of aryl methyl sites for hydroxylation is 1.